The van der Waals surface area contributed by atoms with E-state index < -0.39 is 5.41 Å². The average Bonchev–Trinajstić information content (AvgIpc) is 2.85. The van der Waals surface area contributed by atoms with Crippen LogP contribution in [0.5, 0.6) is 0 Å². The SMILES string of the molecule is Cn1cnnc1CCNC(=O)C(C)(C)c1ccc(N)cc1. The van der Waals surface area contributed by atoms with Crippen LogP contribution in [0.1, 0.15) is 25.2 Å². The molecule has 0 saturated heterocycles. The third kappa shape index (κ3) is 3.39. The molecule has 0 bridgehead atoms. The highest BCUT2D eigenvalue weighted by Crippen LogP contribution is 2.24. The van der Waals surface area contributed by atoms with Gasteiger partial charge in [-0.25, -0.2) is 0 Å². The number of carbonyl (C=O) groups is 1. The van der Waals surface area contributed by atoms with E-state index in [0.29, 0.717) is 18.7 Å². The van der Waals surface area contributed by atoms with Crippen LogP contribution in [0.25, 0.3) is 0 Å². The molecular weight excluding hydrogens is 266 g/mol. The van der Waals surface area contributed by atoms with Crippen molar-refractivity contribution in [2.75, 3.05) is 12.3 Å². The van der Waals surface area contributed by atoms with Gasteiger partial charge in [-0.15, -0.1) is 10.2 Å². The Morgan fingerprint density at radius 3 is 2.57 bits per heavy atom. The quantitative estimate of drug-likeness (QED) is 0.804. The molecule has 0 unspecified atom stereocenters. The van der Waals surface area contributed by atoms with Gasteiger partial charge in [0, 0.05) is 25.7 Å². The lowest BCUT2D eigenvalue weighted by molar-refractivity contribution is -0.125. The van der Waals surface area contributed by atoms with Gasteiger partial charge in [-0.05, 0) is 31.5 Å². The first-order valence-corrected chi connectivity index (χ1v) is 6.88. The zero-order chi connectivity index (χ0) is 15.5. The fraction of sp³-hybridized carbons (Fsp3) is 0.400. The zero-order valence-electron chi connectivity index (χ0n) is 12.6. The summed E-state index contributed by atoms with van der Waals surface area (Å²) in [7, 11) is 1.88. The summed E-state index contributed by atoms with van der Waals surface area (Å²) in [6, 6.07) is 7.39. The van der Waals surface area contributed by atoms with E-state index in [0.717, 1.165) is 11.4 Å². The van der Waals surface area contributed by atoms with Gasteiger partial charge in [0.15, 0.2) is 0 Å². The topological polar surface area (TPSA) is 85.8 Å². The minimum atomic E-state index is -0.604. The van der Waals surface area contributed by atoms with Gasteiger partial charge in [0.25, 0.3) is 0 Å². The van der Waals surface area contributed by atoms with Crippen LogP contribution in [0.2, 0.25) is 0 Å². The van der Waals surface area contributed by atoms with Gasteiger partial charge in [-0.2, -0.15) is 0 Å². The number of amides is 1. The van der Waals surface area contributed by atoms with Crippen molar-refractivity contribution < 1.29 is 4.79 Å². The second-order valence-corrected chi connectivity index (χ2v) is 5.61. The molecular formula is C15H21N5O. The third-order valence-corrected chi connectivity index (χ3v) is 3.64. The summed E-state index contributed by atoms with van der Waals surface area (Å²) >= 11 is 0. The second kappa shape index (κ2) is 5.95. The fourth-order valence-electron chi connectivity index (χ4n) is 2.07. The van der Waals surface area contributed by atoms with Crippen LogP contribution < -0.4 is 11.1 Å². The summed E-state index contributed by atoms with van der Waals surface area (Å²) in [5.41, 5.74) is 6.71. The molecule has 1 amide bonds. The highest BCUT2D eigenvalue weighted by atomic mass is 16.2. The van der Waals surface area contributed by atoms with Crippen LogP contribution in [0.3, 0.4) is 0 Å². The Morgan fingerprint density at radius 2 is 2.00 bits per heavy atom. The minimum absolute atomic E-state index is 0.0190. The molecule has 112 valence electrons. The number of aryl methyl sites for hydroxylation is 1. The van der Waals surface area contributed by atoms with E-state index in [4.69, 9.17) is 5.73 Å². The lowest BCUT2D eigenvalue weighted by Crippen LogP contribution is -2.41. The number of hydrogen-bond donors (Lipinski definition) is 2. The number of nitrogens with one attached hydrogen (secondary N) is 1. The Labute approximate surface area is 124 Å². The molecule has 6 heteroatoms. The number of carbonyl (C=O) groups excluding carboxylic acids is 1. The number of benzene rings is 1. The van der Waals surface area contributed by atoms with E-state index in [1.165, 1.54) is 0 Å². The Balaban J connectivity index is 1.95. The van der Waals surface area contributed by atoms with E-state index in [9.17, 15) is 4.79 Å². The first-order valence-electron chi connectivity index (χ1n) is 6.88. The van der Waals surface area contributed by atoms with Crippen molar-refractivity contribution in [2.45, 2.75) is 25.7 Å². The first-order chi connectivity index (χ1) is 9.91. The van der Waals surface area contributed by atoms with E-state index in [1.807, 2.05) is 49.7 Å². The molecule has 0 fully saturated rings. The first kappa shape index (κ1) is 15.0. The van der Waals surface area contributed by atoms with Gasteiger partial charge in [-0.1, -0.05) is 12.1 Å². The molecule has 2 rings (SSSR count). The van der Waals surface area contributed by atoms with Crippen molar-refractivity contribution in [3.8, 4) is 0 Å². The smallest absolute Gasteiger partial charge is 0.230 e. The summed E-state index contributed by atoms with van der Waals surface area (Å²) in [6.45, 7) is 4.33. The molecule has 6 nitrogen and oxygen atoms in total. The highest BCUT2D eigenvalue weighted by molar-refractivity contribution is 5.87. The number of nitrogen functional groups attached to an aromatic ring is 1. The molecule has 1 heterocycles. The van der Waals surface area contributed by atoms with Gasteiger partial charge in [0.2, 0.25) is 5.91 Å². The van der Waals surface area contributed by atoms with Gasteiger partial charge < -0.3 is 15.6 Å². The maximum Gasteiger partial charge on any atom is 0.230 e. The van der Waals surface area contributed by atoms with Gasteiger partial charge >= 0.3 is 0 Å². The molecule has 0 radical (unpaired) electrons. The Kier molecular flexibility index (Phi) is 4.26. The van der Waals surface area contributed by atoms with Crippen molar-refractivity contribution in [3.05, 3.63) is 42.0 Å². The van der Waals surface area contributed by atoms with E-state index >= 15 is 0 Å². The fourth-order valence-corrected chi connectivity index (χ4v) is 2.07. The number of nitrogens with zero attached hydrogens (tertiary/aromatic N) is 3. The van der Waals surface area contributed by atoms with Gasteiger partial charge in [-0.3, -0.25) is 4.79 Å². The molecule has 1 aromatic carbocycles. The molecule has 1 aromatic heterocycles. The zero-order valence-corrected chi connectivity index (χ0v) is 12.6. The van der Waals surface area contributed by atoms with E-state index in [1.54, 1.807) is 6.33 Å². The lowest BCUT2D eigenvalue weighted by atomic mass is 9.83. The predicted molar refractivity (Wildman–Crippen MR) is 81.6 cm³/mol. The summed E-state index contributed by atoms with van der Waals surface area (Å²) in [5, 5.41) is 10.8. The van der Waals surface area contributed by atoms with Crippen LogP contribution in [0.4, 0.5) is 5.69 Å². The lowest BCUT2D eigenvalue weighted by Gasteiger charge is -2.24. The average molecular weight is 287 g/mol. The monoisotopic (exact) mass is 287 g/mol. The van der Waals surface area contributed by atoms with Crippen molar-refractivity contribution in [2.24, 2.45) is 7.05 Å². The van der Waals surface area contributed by atoms with E-state index in [-0.39, 0.29) is 5.91 Å². The second-order valence-electron chi connectivity index (χ2n) is 5.61. The van der Waals surface area contributed by atoms with Crippen molar-refractivity contribution in [1.29, 1.82) is 0 Å². The van der Waals surface area contributed by atoms with Gasteiger partial charge in [0.1, 0.15) is 12.2 Å². The van der Waals surface area contributed by atoms with Crippen LogP contribution in [0, 0.1) is 0 Å². The van der Waals surface area contributed by atoms with Crippen molar-refractivity contribution >= 4 is 11.6 Å². The number of hydrogen-bond acceptors (Lipinski definition) is 4. The largest absolute Gasteiger partial charge is 0.399 e. The Hall–Kier alpha value is -2.37. The molecule has 0 aliphatic carbocycles. The van der Waals surface area contributed by atoms with Crippen LogP contribution in [0.15, 0.2) is 30.6 Å². The van der Waals surface area contributed by atoms with E-state index in [2.05, 4.69) is 15.5 Å². The maximum atomic E-state index is 12.4. The van der Waals surface area contributed by atoms with Gasteiger partial charge in [0.05, 0.1) is 5.41 Å². The third-order valence-electron chi connectivity index (χ3n) is 3.64. The number of aromatic nitrogens is 3. The molecule has 0 aliphatic heterocycles. The summed E-state index contributed by atoms with van der Waals surface area (Å²) in [6.07, 6.45) is 2.30. The Morgan fingerprint density at radius 1 is 1.33 bits per heavy atom. The molecule has 0 atom stereocenters. The van der Waals surface area contributed by atoms with Crippen LogP contribution in [-0.2, 0) is 23.7 Å². The molecule has 0 saturated carbocycles. The normalized spacial score (nSPS) is 11.4. The predicted octanol–water partition coefficient (Wildman–Crippen LogP) is 1.03. The molecule has 0 spiro atoms. The highest BCUT2D eigenvalue weighted by Gasteiger charge is 2.29. The summed E-state index contributed by atoms with van der Waals surface area (Å²) < 4.78 is 1.84. The number of nitrogens with two attached hydrogens (primary N) is 1. The maximum absolute atomic E-state index is 12.4. The summed E-state index contributed by atoms with van der Waals surface area (Å²) in [4.78, 5) is 12.4. The number of anilines is 1. The van der Waals surface area contributed by atoms with Crippen LogP contribution in [-0.4, -0.2) is 27.2 Å². The Bertz CT molecular complexity index is 615. The van der Waals surface area contributed by atoms with Crippen molar-refractivity contribution in [3.63, 3.8) is 0 Å². The molecule has 21 heavy (non-hydrogen) atoms. The molecule has 3 N–H and O–H groups in total. The van der Waals surface area contributed by atoms with Crippen LogP contribution >= 0.6 is 0 Å². The molecule has 2 aromatic rings. The summed E-state index contributed by atoms with van der Waals surface area (Å²) in [5.74, 6) is 0.829. The minimum Gasteiger partial charge on any atom is -0.399 e. The number of rotatable bonds is 5. The van der Waals surface area contributed by atoms with Crippen molar-refractivity contribution in [1.82, 2.24) is 20.1 Å². The standard InChI is InChI=1S/C15H21N5O/c1-15(2,11-4-6-12(16)7-5-11)14(21)17-9-8-13-19-18-10-20(13)3/h4-7,10H,8-9,16H2,1-3H3,(H,17,21). The molecule has 0 aliphatic rings.